The minimum Gasteiger partial charge on any atom is -0.469 e. The number of likely N-dealkylation sites (tertiary alicyclic amines) is 1. The number of aryl methyl sites for hydroxylation is 1. The zero-order valence-electron chi connectivity index (χ0n) is 17.9. The standard InChI is InChI=1S/C23H26F3N3O3/c1-16-20(7-13-32-16)22(31)29-8-3-4-17(15-29)21(30)28-11-9-27(10-12-28)19-6-2-5-18(14-19)23(24,25)26/h2,5-7,13-14,17H,3-4,8-12,15H2,1H3. The first-order valence-corrected chi connectivity index (χ1v) is 10.8. The molecule has 2 aliphatic heterocycles. The molecule has 6 nitrogen and oxygen atoms in total. The van der Waals surface area contributed by atoms with Crippen molar-refractivity contribution in [3.8, 4) is 0 Å². The van der Waals surface area contributed by atoms with Crippen molar-refractivity contribution in [3.05, 3.63) is 53.5 Å². The molecule has 0 radical (unpaired) electrons. The molecule has 172 valence electrons. The van der Waals surface area contributed by atoms with Gasteiger partial charge in [0.1, 0.15) is 5.76 Å². The van der Waals surface area contributed by atoms with Crippen LogP contribution in [0.1, 0.15) is 34.5 Å². The van der Waals surface area contributed by atoms with E-state index in [4.69, 9.17) is 4.42 Å². The van der Waals surface area contributed by atoms with E-state index in [0.29, 0.717) is 56.3 Å². The summed E-state index contributed by atoms with van der Waals surface area (Å²) in [6.45, 7) is 4.55. The molecule has 0 N–H and O–H groups in total. The van der Waals surface area contributed by atoms with Gasteiger partial charge in [-0.15, -0.1) is 0 Å². The van der Waals surface area contributed by atoms with Crippen LogP contribution in [0.2, 0.25) is 0 Å². The summed E-state index contributed by atoms with van der Waals surface area (Å²) >= 11 is 0. The number of benzene rings is 1. The molecule has 0 bridgehead atoms. The minimum atomic E-state index is -4.38. The maximum atomic E-state index is 13.1. The van der Waals surface area contributed by atoms with Gasteiger partial charge in [-0.05, 0) is 44.0 Å². The van der Waals surface area contributed by atoms with Crippen LogP contribution in [0.25, 0.3) is 0 Å². The van der Waals surface area contributed by atoms with Crippen LogP contribution in [-0.2, 0) is 11.0 Å². The van der Waals surface area contributed by atoms with E-state index in [-0.39, 0.29) is 17.7 Å². The van der Waals surface area contributed by atoms with Gasteiger partial charge in [0.2, 0.25) is 5.91 Å². The second kappa shape index (κ2) is 8.88. The van der Waals surface area contributed by atoms with Gasteiger partial charge >= 0.3 is 6.18 Å². The Kier molecular flexibility index (Phi) is 6.17. The first kappa shape index (κ1) is 22.2. The van der Waals surface area contributed by atoms with Gasteiger partial charge in [-0.2, -0.15) is 13.2 Å². The monoisotopic (exact) mass is 449 g/mol. The Bertz CT molecular complexity index is 980. The smallest absolute Gasteiger partial charge is 0.416 e. The number of amides is 2. The van der Waals surface area contributed by atoms with Crippen LogP contribution in [-0.4, -0.2) is 60.9 Å². The maximum Gasteiger partial charge on any atom is 0.416 e. The van der Waals surface area contributed by atoms with Gasteiger partial charge in [-0.1, -0.05) is 6.07 Å². The highest BCUT2D eigenvalue weighted by Gasteiger charge is 2.34. The third-order valence-corrected chi connectivity index (χ3v) is 6.28. The molecule has 1 atom stereocenters. The first-order valence-electron chi connectivity index (χ1n) is 10.8. The average molecular weight is 449 g/mol. The minimum absolute atomic E-state index is 0.00936. The number of furan rings is 1. The van der Waals surface area contributed by atoms with Crippen molar-refractivity contribution in [1.82, 2.24) is 9.80 Å². The number of anilines is 1. The van der Waals surface area contributed by atoms with E-state index in [9.17, 15) is 22.8 Å². The molecular formula is C23H26F3N3O3. The van der Waals surface area contributed by atoms with Gasteiger partial charge in [0.15, 0.2) is 0 Å². The quantitative estimate of drug-likeness (QED) is 0.715. The number of hydrogen-bond acceptors (Lipinski definition) is 4. The lowest BCUT2D eigenvalue weighted by atomic mass is 9.95. The normalized spacial score (nSPS) is 19.9. The molecule has 3 heterocycles. The number of piperazine rings is 1. The van der Waals surface area contributed by atoms with Gasteiger partial charge < -0.3 is 19.1 Å². The van der Waals surface area contributed by atoms with Gasteiger partial charge in [0.05, 0.1) is 23.3 Å². The molecule has 0 aliphatic carbocycles. The van der Waals surface area contributed by atoms with Crippen molar-refractivity contribution >= 4 is 17.5 Å². The number of alkyl halides is 3. The molecule has 1 unspecified atom stereocenters. The van der Waals surface area contributed by atoms with E-state index >= 15 is 0 Å². The van der Waals surface area contributed by atoms with E-state index in [0.717, 1.165) is 25.0 Å². The van der Waals surface area contributed by atoms with E-state index in [2.05, 4.69) is 0 Å². The number of carbonyl (C=O) groups is 2. The van der Waals surface area contributed by atoms with Crippen molar-refractivity contribution in [3.63, 3.8) is 0 Å². The average Bonchev–Trinajstić information content (AvgIpc) is 3.23. The summed E-state index contributed by atoms with van der Waals surface area (Å²) in [5, 5.41) is 0. The predicted octanol–water partition coefficient (Wildman–Crippen LogP) is 3.81. The Morgan fingerprint density at radius 3 is 2.44 bits per heavy atom. The van der Waals surface area contributed by atoms with Gasteiger partial charge in [0, 0.05) is 45.0 Å². The lowest BCUT2D eigenvalue weighted by Gasteiger charge is -2.39. The SMILES string of the molecule is Cc1occc1C(=O)N1CCCC(C(=O)N2CCN(c3cccc(C(F)(F)F)c3)CC2)C1. The summed E-state index contributed by atoms with van der Waals surface area (Å²) in [6.07, 6.45) is -1.42. The third kappa shape index (κ3) is 4.61. The summed E-state index contributed by atoms with van der Waals surface area (Å²) in [5.74, 6) is 0.187. The van der Waals surface area contributed by atoms with Gasteiger partial charge in [-0.25, -0.2) is 0 Å². The molecule has 2 amide bonds. The molecule has 4 rings (SSSR count). The molecule has 2 saturated heterocycles. The Balaban J connectivity index is 1.35. The third-order valence-electron chi connectivity index (χ3n) is 6.28. The van der Waals surface area contributed by atoms with Crippen LogP contribution >= 0.6 is 0 Å². The lowest BCUT2D eigenvalue weighted by molar-refractivity contribution is -0.138. The Morgan fingerprint density at radius 1 is 1.03 bits per heavy atom. The van der Waals surface area contributed by atoms with Crippen LogP contribution in [0.5, 0.6) is 0 Å². The molecule has 9 heteroatoms. The highest BCUT2D eigenvalue weighted by Crippen LogP contribution is 2.32. The molecular weight excluding hydrogens is 423 g/mol. The Morgan fingerprint density at radius 2 is 1.78 bits per heavy atom. The molecule has 2 fully saturated rings. The lowest BCUT2D eigenvalue weighted by Crippen LogP contribution is -2.53. The van der Waals surface area contributed by atoms with E-state index < -0.39 is 11.7 Å². The van der Waals surface area contributed by atoms with Crippen molar-refractivity contribution in [1.29, 1.82) is 0 Å². The fourth-order valence-electron chi connectivity index (χ4n) is 4.46. The van der Waals surface area contributed by atoms with Crippen LogP contribution in [0, 0.1) is 12.8 Å². The van der Waals surface area contributed by atoms with Crippen LogP contribution < -0.4 is 4.90 Å². The number of halogens is 3. The number of nitrogens with zero attached hydrogens (tertiary/aromatic N) is 3. The fraction of sp³-hybridized carbons (Fsp3) is 0.478. The Hall–Kier alpha value is -2.97. The Labute approximate surface area is 184 Å². The van der Waals surface area contributed by atoms with Crippen LogP contribution in [0.3, 0.4) is 0 Å². The summed E-state index contributed by atoms with van der Waals surface area (Å²) in [7, 11) is 0. The number of piperidine rings is 1. The molecule has 1 aromatic heterocycles. The first-order chi connectivity index (χ1) is 15.2. The molecule has 1 aromatic carbocycles. The fourth-order valence-corrected chi connectivity index (χ4v) is 4.46. The number of hydrogen-bond donors (Lipinski definition) is 0. The molecule has 32 heavy (non-hydrogen) atoms. The zero-order chi connectivity index (χ0) is 22.9. The second-order valence-electron chi connectivity index (χ2n) is 8.34. The second-order valence-corrected chi connectivity index (χ2v) is 8.34. The van der Waals surface area contributed by atoms with E-state index in [1.54, 1.807) is 28.9 Å². The number of carbonyl (C=O) groups excluding carboxylic acids is 2. The van der Waals surface area contributed by atoms with E-state index in [1.807, 2.05) is 4.90 Å². The largest absolute Gasteiger partial charge is 0.469 e. The molecule has 2 aliphatic rings. The predicted molar refractivity (Wildman–Crippen MR) is 112 cm³/mol. The van der Waals surface area contributed by atoms with Crippen molar-refractivity contribution in [2.45, 2.75) is 25.9 Å². The zero-order valence-corrected chi connectivity index (χ0v) is 17.9. The van der Waals surface area contributed by atoms with Crippen molar-refractivity contribution < 1.29 is 27.2 Å². The van der Waals surface area contributed by atoms with Crippen molar-refractivity contribution in [2.75, 3.05) is 44.2 Å². The summed E-state index contributed by atoms with van der Waals surface area (Å²) in [6, 6.07) is 6.93. The van der Waals surface area contributed by atoms with Gasteiger partial charge in [-0.3, -0.25) is 9.59 Å². The van der Waals surface area contributed by atoms with Crippen LogP contribution in [0.15, 0.2) is 41.0 Å². The topological polar surface area (TPSA) is 57.0 Å². The molecule has 0 spiro atoms. The molecule has 2 aromatic rings. The van der Waals surface area contributed by atoms with E-state index in [1.165, 1.54) is 12.3 Å². The summed E-state index contributed by atoms with van der Waals surface area (Å²) in [4.78, 5) is 31.2. The van der Waals surface area contributed by atoms with Crippen molar-refractivity contribution in [2.24, 2.45) is 5.92 Å². The summed E-state index contributed by atoms with van der Waals surface area (Å²) < 4.78 is 44.2. The number of rotatable bonds is 3. The highest BCUT2D eigenvalue weighted by atomic mass is 19.4. The summed E-state index contributed by atoms with van der Waals surface area (Å²) in [5.41, 5.74) is 0.359. The maximum absolute atomic E-state index is 13.1. The highest BCUT2D eigenvalue weighted by molar-refractivity contribution is 5.95. The van der Waals surface area contributed by atoms with Gasteiger partial charge in [0.25, 0.3) is 5.91 Å². The van der Waals surface area contributed by atoms with Crippen LogP contribution in [0.4, 0.5) is 18.9 Å². The molecule has 0 saturated carbocycles.